The fourth-order valence-electron chi connectivity index (χ4n) is 3.14. The van der Waals surface area contributed by atoms with Gasteiger partial charge in [-0.1, -0.05) is 6.07 Å². The number of ether oxygens (including phenoxy) is 3. The lowest BCUT2D eigenvalue weighted by molar-refractivity contribution is -0.111. The number of morpholine rings is 1. The number of rotatable bonds is 4. The van der Waals surface area contributed by atoms with Crippen molar-refractivity contribution in [3.05, 3.63) is 41.2 Å². The van der Waals surface area contributed by atoms with Gasteiger partial charge in [0.05, 0.1) is 30.3 Å². The van der Waals surface area contributed by atoms with Gasteiger partial charge < -0.3 is 24.4 Å². The van der Waals surface area contributed by atoms with Crippen LogP contribution in [0.2, 0.25) is 0 Å². The number of hydrogen-bond acceptors (Lipinski definition) is 7. The summed E-state index contributed by atoms with van der Waals surface area (Å²) in [7, 11) is 0. The van der Waals surface area contributed by atoms with Gasteiger partial charge in [0.15, 0.2) is 11.5 Å². The monoisotopic (exact) mass is 382 g/mol. The number of nitrogens with one attached hydrogen (secondary N) is 1. The van der Waals surface area contributed by atoms with E-state index < -0.39 is 0 Å². The molecule has 1 saturated heterocycles. The summed E-state index contributed by atoms with van der Waals surface area (Å²) < 4.78 is 16.0. The highest BCUT2D eigenvalue weighted by Crippen LogP contribution is 2.32. The van der Waals surface area contributed by atoms with Crippen molar-refractivity contribution in [1.29, 1.82) is 0 Å². The standard InChI is InChI=1S/C20H22N4O4/c1-13-19(14(2)22-20(21-13)24-7-9-26-10-8-24)23-18(25)6-4-15-3-5-16-17(11-15)28-12-27-16/h3-6,11H,7-10,12H2,1-2H3,(H,23,25)/b6-4+. The Morgan fingerprint density at radius 3 is 2.57 bits per heavy atom. The van der Waals surface area contributed by atoms with E-state index in [0.29, 0.717) is 36.3 Å². The van der Waals surface area contributed by atoms with E-state index in [9.17, 15) is 4.79 Å². The average Bonchev–Trinajstić information content (AvgIpc) is 3.17. The topological polar surface area (TPSA) is 85.8 Å². The van der Waals surface area contributed by atoms with Gasteiger partial charge in [0.1, 0.15) is 0 Å². The maximum absolute atomic E-state index is 12.4. The molecule has 8 heteroatoms. The van der Waals surface area contributed by atoms with Crippen LogP contribution in [0.4, 0.5) is 11.6 Å². The van der Waals surface area contributed by atoms with Crippen LogP contribution in [0.25, 0.3) is 6.08 Å². The Morgan fingerprint density at radius 1 is 1.11 bits per heavy atom. The number of carbonyl (C=O) groups excluding carboxylic acids is 1. The average molecular weight is 382 g/mol. The molecule has 1 N–H and O–H groups in total. The molecule has 0 spiro atoms. The van der Waals surface area contributed by atoms with Crippen molar-refractivity contribution in [3.8, 4) is 11.5 Å². The molecule has 4 rings (SSSR count). The molecule has 1 aromatic carbocycles. The molecule has 0 saturated carbocycles. The lowest BCUT2D eigenvalue weighted by Crippen LogP contribution is -2.37. The number of carbonyl (C=O) groups is 1. The summed E-state index contributed by atoms with van der Waals surface area (Å²) in [6.45, 7) is 6.84. The number of aromatic nitrogens is 2. The van der Waals surface area contributed by atoms with Crippen molar-refractivity contribution in [1.82, 2.24) is 9.97 Å². The molecule has 0 aliphatic carbocycles. The third-order valence-electron chi connectivity index (χ3n) is 4.62. The normalized spacial score (nSPS) is 15.9. The summed E-state index contributed by atoms with van der Waals surface area (Å²) >= 11 is 0. The maximum Gasteiger partial charge on any atom is 0.248 e. The van der Waals surface area contributed by atoms with Gasteiger partial charge in [0.2, 0.25) is 18.6 Å². The van der Waals surface area contributed by atoms with Crippen molar-refractivity contribution < 1.29 is 19.0 Å². The van der Waals surface area contributed by atoms with Gasteiger partial charge in [-0.2, -0.15) is 0 Å². The minimum absolute atomic E-state index is 0.224. The van der Waals surface area contributed by atoms with Gasteiger partial charge in [-0.05, 0) is 37.6 Å². The first-order valence-electron chi connectivity index (χ1n) is 9.17. The Hall–Kier alpha value is -3.13. The first-order chi connectivity index (χ1) is 13.6. The third kappa shape index (κ3) is 3.91. The summed E-state index contributed by atoms with van der Waals surface area (Å²) in [6, 6.07) is 5.53. The van der Waals surface area contributed by atoms with E-state index in [4.69, 9.17) is 14.2 Å². The van der Waals surface area contributed by atoms with Gasteiger partial charge in [0.25, 0.3) is 0 Å². The number of amides is 1. The van der Waals surface area contributed by atoms with Crippen LogP contribution in [0, 0.1) is 13.8 Å². The lowest BCUT2D eigenvalue weighted by Gasteiger charge is -2.27. The Balaban J connectivity index is 1.45. The van der Waals surface area contributed by atoms with Crippen LogP contribution in [0.5, 0.6) is 11.5 Å². The van der Waals surface area contributed by atoms with E-state index >= 15 is 0 Å². The largest absolute Gasteiger partial charge is 0.454 e. The van der Waals surface area contributed by atoms with Crippen molar-refractivity contribution in [2.24, 2.45) is 0 Å². The highest BCUT2D eigenvalue weighted by molar-refractivity contribution is 6.02. The second-order valence-corrected chi connectivity index (χ2v) is 6.60. The van der Waals surface area contributed by atoms with Gasteiger partial charge in [-0.25, -0.2) is 9.97 Å². The highest BCUT2D eigenvalue weighted by atomic mass is 16.7. The van der Waals surface area contributed by atoms with Crippen LogP contribution in [0.3, 0.4) is 0 Å². The minimum Gasteiger partial charge on any atom is -0.454 e. The Kier molecular flexibility index (Phi) is 5.12. The number of hydrogen-bond donors (Lipinski definition) is 1. The zero-order chi connectivity index (χ0) is 19.5. The fraction of sp³-hybridized carbons (Fsp3) is 0.350. The third-order valence-corrected chi connectivity index (χ3v) is 4.62. The predicted octanol–water partition coefficient (Wildman–Crippen LogP) is 2.31. The first kappa shape index (κ1) is 18.2. The molecular formula is C20H22N4O4. The number of benzene rings is 1. The second kappa shape index (κ2) is 7.85. The zero-order valence-corrected chi connectivity index (χ0v) is 15.9. The molecule has 0 bridgehead atoms. The summed E-state index contributed by atoms with van der Waals surface area (Å²) in [5, 5.41) is 2.88. The molecule has 0 radical (unpaired) electrons. The van der Waals surface area contributed by atoms with Crippen molar-refractivity contribution >= 4 is 23.6 Å². The molecule has 28 heavy (non-hydrogen) atoms. The molecule has 3 heterocycles. The van der Waals surface area contributed by atoms with E-state index in [1.165, 1.54) is 6.08 Å². The zero-order valence-electron chi connectivity index (χ0n) is 15.9. The molecule has 2 aliphatic rings. The van der Waals surface area contributed by atoms with Gasteiger partial charge in [0, 0.05) is 19.2 Å². The molecule has 2 aromatic rings. The molecule has 1 fully saturated rings. The predicted molar refractivity (Wildman–Crippen MR) is 105 cm³/mol. The van der Waals surface area contributed by atoms with E-state index in [0.717, 1.165) is 30.0 Å². The molecule has 1 amide bonds. The van der Waals surface area contributed by atoms with Crippen molar-refractivity contribution in [2.45, 2.75) is 13.8 Å². The fourth-order valence-corrected chi connectivity index (χ4v) is 3.14. The molecule has 0 atom stereocenters. The Bertz CT molecular complexity index is 899. The molecule has 2 aliphatic heterocycles. The van der Waals surface area contributed by atoms with E-state index in [1.54, 1.807) is 6.08 Å². The minimum atomic E-state index is -0.244. The molecule has 0 unspecified atom stereocenters. The molecule has 146 valence electrons. The summed E-state index contributed by atoms with van der Waals surface area (Å²) in [4.78, 5) is 23.6. The van der Waals surface area contributed by atoms with E-state index in [2.05, 4.69) is 20.2 Å². The van der Waals surface area contributed by atoms with Crippen molar-refractivity contribution in [3.63, 3.8) is 0 Å². The lowest BCUT2D eigenvalue weighted by atomic mass is 10.2. The SMILES string of the molecule is Cc1nc(N2CCOCC2)nc(C)c1NC(=O)/C=C/c1ccc2c(c1)OCO2. The quantitative estimate of drug-likeness (QED) is 0.812. The van der Waals surface area contributed by atoms with Crippen LogP contribution in [-0.4, -0.2) is 49.0 Å². The van der Waals surface area contributed by atoms with Crippen LogP contribution >= 0.6 is 0 Å². The smallest absolute Gasteiger partial charge is 0.248 e. The summed E-state index contributed by atoms with van der Waals surface area (Å²) in [5.74, 6) is 1.82. The van der Waals surface area contributed by atoms with E-state index in [-0.39, 0.29) is 12.7 Å². The molecule has 1 aromatic heterocycles. The maximum atomic E-state index is 12.4. The van der Waals surface area contributed by atoms with Gasteiger partial charge >= 0.3 is 0 Å². The van der Waals surface area contributed by atoms with Crippen LogP contribution in [-0.2, 0) is 9.53 Å². The van der Waals surface area contributed by atoms with Gasteiger partial charge in [-0.15, -0.1) is 0 Å². The van der Waals surface area contributed by atoms with Crippen molar-refractivity contribution in [2.75, 3.05) is 43.3 Å². The molecular weight excluding hydrogens is 360 g/mol. The number of fused-ring (bicyclic) bond motifs is 1. The summed E-state index contributed by atoms with van der Waals surface area (Å²) in [6.07, 6.45) is 3.21. The molecule has 8 nitrogen and oxygen atoms in total. The van der Waals surface area contributed by atoms with E-state index in [1.807, 2.05) is 32.0 Å². The Labute approximate surface area is 163 Å². The second-order valence-electron chi connectivity index (χ2n) is 6.60. The number of anilines is 2. The highest BCUT2D eigenvalue weighted by Gasteiger charge is 2.17. The van der Waals surface area contributed by atoms with Gasteiger partial charge in [-0.3, -0.25) is 4.79 Å². The van der Waals surface area contributed by atoms with Crippen LogP contribution < -0.4 is 19.7 Å². The van der Waals surface area contributed by atoms with Crippen LogP contribution in [0.15, 0.2) is 24.3 Å². The summed E-state index contributed by atoms with van der Waals surface area (Å²) in [5.41, 5.74) is 2.96. The number of nitrogens with zero attached hydrogens (tertiary/aromatic N) is 3. The number of aryl methyl sites for hydroxylation is 2. The first-order valence-corrected chi connectivity index (χ1v) is 9.17. The Morgan fingerprint density at radius 2 is 1.82 bits per heavy atom. The van der Waals surface area contributed by atoms with Crippen LogP contribution in [0.1, 0.15) is 17.0 Å².